The molecule has 1 atom stereocenters. The van der Waals surface area contributed by atoms with E-state index in [1.54, 1.807) is 20.8 Å². The van der Waals surface area contributed by atoms with E-state index in [0.717, 1.165) is 0 Å². The summed E-state index contributed by atoms with van der Waals surface area (Å²) in [4.78, 5) is 40.7. The van der Waals surface area contributed by atoms with Gasteiger partial charge in [0.15, 0.2) is 17.5 Å². The SMILES string of the molecule is CC(C)(C)NC(=O)C(c1c(C(=O)O)[nH]c2cc(Cl)ccc12)N(C=O)Cc1c(F)cc(F)c(F)c1F. The smallest absolute Gasteiger partial charge is 0.352 e. The molecule has 0 saturated carbocycles. The number of nitrogens with zero attached hydrogens (tertiary/aromatic N) is 1. The number of aromatic amines is 1. The Balaban J connectivity index is 2.26. The highest BCUT2D eigenvalue weighted by atomic mass is 35.5. The van der Waals surface area contributed by atoms with Crippen LogP contribution in [0.5, 0.6) is 0 Å². The van der Waals surface area contributed by atoms with Crippen molar-refractivity contribution in [2.24, 2.45) is 0 Å². The van der Waals surface area contributed by atoms with Crippen molar-refractivity contribution >= 4 is 40.8 Å². The van der Waals surface area contributed by atoms with Gasteiger partial charge in [-0.1, -0.05) is 17.7 Å². The zero-order chi connectivity index (χ0) is 26.2. The number of fused-ring (bicyclic) bond motifs is 1. The molecule has 0 aliphatic rings. The maximum Gasteiger partial charge on any atom is 0.352 e. The Morgan fingerprint density at radius 1 is 1.14 bits per heavy atom. The summed E-state index contributed by atoms with van der Waals surface area (Å²) in [7, 11) is 0. The Morgan fingerprint density at radius 3 is 2.37 bits per heavy atom. The quantitative estimate of drug-likeness (QED) is 0.185. The van der Waals surface area contributed by atoms with Crippen LogP contribution in [0.15, 0.2) is 24.3 Å². The van der Waals surface area contributed by atoms with Crippen LogP contribution in [-0.2, 0) is 16.1 Å². The Hall–Kier alpha value is -3.60. The first-order valence-corrected chi connectivity index (χ1v) is 10.5. The largest absolute Gasteiger partial charge is 0.477 e. The van der Waals surface area contributed by atoms with Gasteiger partial charge in [-0.3, -0.25) is 9.59 Å². The number of carbonyl (C=O) groups is 3. The fourth-order valence-corrected chi connectivity index (χ4v) is 3.82. The van der Waals surface area contributed by atoms with E-state index in [-0.39, 0.29) is 34.0 Å². The molecular formula is C23H20ClF4N3O4. The standard InChI is InChI=1S/C23H20ClF4N3O4/c1-23(2,3)30-21(33)20(16-11-5-4-10(24)6-15(11)29-19(16)22(34)35)31(9-32)8-12-13(25)7-14(26)18(28)17(12)27/h4-7,9,20,29H,8H2,1-3H3,(H,30,33)(H,34,35). The van der Waals surface area contributed by atoms with E-state index < -0.39 is 64.5 Å². The van der Waals surface area contributed by atoms with E-state index in [1.165, 1.54) is 18.2 Å². The molecule has 1 unspecified atom stereocenters. The minimum absolute atomic E-state index is 0.0629. The molecule has 0 spiro atoms. The molecule has 3 rings (SSSR count). The Labute approximate surface area is 201 Å². The zero-order valence-corrected chi connectivity index (χ0v) is 19.4. The molecule has 3 N–H and O–H groups in total. The predicted octanol–water partition coefficient (Wildman–Crippen LogP) is 4.69. The Kier molecular flexibility index (Phi) is 7.11. The number of hydrogen-bond acceptors (Lipinski definition) is 3. The van der Waals surface area contributed by atoms with Crippen LogP contribution in [0.1, 0.15) is 48.4 Å². The van der Waals surface area contributed by atoms with Crippen LogP contribution in [0.4, 0.5) is 17.6 Å². The number of nitrogens with one attached hydrogen (secondary N) is 2. The molecule has 0 bridgehead atoms. The summed E-state index contributed by atoms with van der Waals surface area (Å²) >= 11 is 5.99. The van der Waals surface area contributed by atoms with E-state index >= 15 is 0 Å². The maximum atomic E-state index is 14.4. The number of halogens is 5. The summed E-state index contributed by atoms with van der Waals surface area (Å²) in [6.07, 6.45) is 0.0629. The first-order valence-electron chi connectivity index (χ1n) is 10.1. The molecule has 0 aliphatic carbocycles. The van der Waals surface area contributed by atoms with E-state index in [2.05, 4.69) is 10.3 Å². The van der Waals surface area contributed by atoms with Gasteiger partial charge in [0.05, 0.1) is 6.54 Å². The van der Waals surface area contributed by atoms with Crippen molar-refractivity contribution in [2.45, 2.75) is 38.9 Å². The number of carbonyl (C=O) groups excluding carboxylic acids is 2. The molecule has 0 aliphatic heterocycles. The van der Waals surface area contributed by atoms with Crippen molar-refractivity contribution in [2.75, 3.05) is 0 Å². The topological polar surface area (TPSA) is 102 Å². The summed E-state index contributed by atoms with van der Waals surface area (Å²) in [5.41, 5.74) is -2.34. The Bertz CT molecular complexity index is 1340. The lowest BCUT2D eigenvalue weighted by atomic mass is 9.98. The number of aromatic carboxylic acids is 1. The molecule has 7 nitrogen and oxygen atoms in total. The fourth-order valence-electron chi connectivity index (χ4n) is 3.65. The predicted molar refractivity (Wildman–Crippen MR) is 119 cm³/mol. The number of rotatable bonds is 7. The molecule has 35 heavy (non-hydrogen) atoms. The van der Waals surface area contributed by atoms with Crippen molar-refractivity contribution in [3.63, 3.8) is 0 Å². The molecule has 1 aromatic heterocycles. The monoisotopic (exact) mass is 513 g/mol. The van der Waals surface area contributed by atoms with Gasteiger partial charge in [-0.25, -0.2) is 22.4 Å². The van der Waals surface area contributed by atoms with E-state index in [0.29, 0.717) is 4.90 Å². The summed E-state index contributed by atoms with van der Waals surface area (Å²) < 4.78 is 56.0. The molecule has 0 fully saturated rings. The van der Waals surface area contributed by atoms with Gasteiger partial charge >= 0.3 is 5.97 Å². The minimum Gasteiger partial charge on any atom is -0.477 e. The van der Waals surface area contributed by atoms with Gasteiger partial charge in [0.2, 0.25) is 12.3 Å². The lowest BCUT2D eigenvalue weighted by Crippen LogP contribution is -2.47. The van der Waals surface area contributed by atoms with E-state index in [4.69, 9.17) is 11.6 Å². The maximum absolute atomic E-state index is 14.4. The van der Waals surface area contributed by atoms with Crippen LogP contribution >= 0.6 is 11.6 Å². The van der Waals surface area contributed by atoms with Gasteiger partial charge in [0.1, 0.15) is 17.6 Å². The number of hydrogen-bond donors (Lipinski definition) is 3. The molecule has 2 amide bonds. The fraction of sp³-hybridized carbons (Fsp3) is 0.261. The molecule has 12 heteroatoms. The van der Waals surface area contributed by atoms with E-state index in [9.17, 15) is 37.1 Å². The second kappa shape index (κ2) is 9.57. The number of carboxylic acid groups (broad SMARTS) is 1. The van der Waals surface area contributed by atoms with Crippen molar-refractivity contribution in [3.05, 3.63) is 69.4 Å². The van der Waals surface area contributed by atoms with Gasteiger partial charge in [-0.15, -0.1) is 0 Å². The van der Waals surface area contributed by atoms with Gasteiger partial charge < -0.3 is 20.3 Å². The van der Waals surface area contributed by atoms with E-state index in [1.807, 2.05) is 0 Å². The summed E-state index contributed by atoms with van der Waals surface area (Å²) in [5.74, 6) is -9.48. The molecule has 0 saturated heterocycles. The van der Waals surface area contributed by atoms with Gasteiger partial charge in [0.25, 0.3) is 0 Å². The molecule has 3 aromatic rings. The van der Waals surface area contributed by atoms with Gasteiger partial charge in [-0.2, -0.15) is 0 Å². The number of benzene rings is 2. The molecule has 186 valence electrons. The lowest BCUT2D eigenvalue weighted by Gasteiger charge is -2.31. The number of amides is 2. The van der Waals surface area contributed by atoms with Crippen LogP contribution < -0.4 is 5.32 Å². The van der Waals surface area contributed by atoms with Crippen molar-refractivity contribution < 1.29 is 37.1 Å². The summed E-state index contributed by atoms with van der Waals surface area (Å²) in [6.45, 7) is 3.85. The highest BCUT2D eigenvalue weighted by Crippen LogP contribution is 2.35. The molecular weight excluding hydrogens is 494 g/mol. The van der Waals surface area contributed by atoms with Gasteiger partial charge in [-0.05, 0) is 32.9 Å². The number of aromatic nitrogens is 1. The van der Waals surface area contributed by atoms with Crippen molar-refractivity contribution in [3.8, 4) is 0 Å². The second-order valence-corrected chi connectivity index (χ2v) is 9.21. The average molecular weight is 514 g/mol. The zero-order valence-electron chi connectivity index (χ0n) is 18.7. The van der Waals surface area contributed by atoms with Crippen LogP contribution in [0, 0.1) is 23.3 Å². The lowest BCUT2D eigenvalue weighted by molar-refractivity contribution is -0.134. The highest BCUT2D eigenvalue weighted by Gasteiger charge is 2.36. The van der Waals surface area contributed by atoms with Crippen molar-refractivity contribution in [1.82, 2.24) is 15.2 Å². The third kappa shape index (κ3) is 5.24. The number of H-pyrrole nitrogens is 1. The third-order valence-electron chi connectivity index (χ3n) is 5.05. The first-order chi connectivity index (χ1) is 16.2. The van der Waals surface area contributed by atoms with Crippen LogP contribution in [0.25, 0.3) is 10.9 Å². The van der Waals surface area contributed by atoms with Crippen LogP contribution in [-0.4, -0.2) is 38.8 Å². The average Bonchev–Trinajstić information content (AvgIpc) is 3.11. The number of carboxylic acids is 1. The van der Waals surface area contributed by atoms with Crippen LogP contribution in [0.3, 0.4) is 0 Å². The first kappa shape index (κ1) is 26.0. The second-order valence-electron chi connectivity index (χ2n) is 8.77. The minimum atomic E-state index is -1.96. The summed E-state index contributed by atoms with van der Waals surface area (Å²) in [6, 6.07) is 2.60. The van der Waals surface area contributed by atoms with Gasteiger partial charge in [0, 0.05) is 38.7 Å². The molecule has 2 aromatic carbocycles. The molecule has 1 heterocycles. The molecule has 0 radical (unpaired) electrons. The highest BCUT2D eigenvalue weighted by molar-refractivity contribution is 6.31. The normalized spacial score (nSPS) is 12.5. The third-order valence-corrected chi connectivity index (χ3v) is 5.29. The van der Waals surface area contributed by atoms with Crippen molar-refractivity contribution in [1.29, 1.82) is 0 Å². The van der Waals surface area contributed by atoms with Crippen LogP contribution in [0.2, 0.25) is 5.02 Å². The Morgan fingerprint density at radius 2 is 1.80 bits per heavy atom. The summed E-state index contributed by atoms with van der Waals surface area (Å²) in [5, 5.41) is 12.8.